The van der Waals surface area contributed by atoms with Gasteiger partial charge >= 0.3 is 0 Å². The molecule has 3 aromatic heterocycles. The molecule has 0 saturated carbocycles. The van der Waals surface area contributed by atoms with Crippen LogP contribution in [0.1, 0.15) is 16.1 Å². The summed E-state index contributed by atoms with van der Waals surface area (Å²) >= 11 is 3.18. The van der Waals surface area contributed by atoms with E-state index in [0.717, 1.165) is 43.4 Å². The van der Waals surface area contributed by atoms with Crippen LogP contribution in [0.4, 0.5) is 0 Å². The van der Waals surface area contributed by atoms with Gasteiger partial charge in [0.15, 0.2) is 0 Å². The quantitative estimate of drug-likeness (QED) is 0.435. The second-order valence-electron chi connectivity index (χ2n) is 6.58. The number of nitrogens with one attached hydrogen (secondary N) is 1. The number of thiazole rings is 2. The predicted octanol–water partition coefficient (Wildman–Crippen LogP) is 4.88. The number of aromatic amines is 1. The molecule has 6 nitrogen and oxygen atoms in total. The molecule has 0 saturated heterocycles. The van der Waals surface area contributed by atoms with Gasteiger partial charge in [-0.15, -0.1) is 22.7 Å². The number of nitrogens with two attached hydrogens (primary N) is 1. The first-order valence-corrected chi connectivity index (χ1v) is 10.6. The molecule has 29 heavy (non-hydrogen) atoms. The summed E-state index contributed by atoms with van der Waals surface area (Å²) in [6.07, 6.45) is 0. The van der Waals surface area contributed by atoms with Crippen molar-refractivity contribution >= 4 is 38.8 Å². The van der Waals surface area contributed by atoms with Crippen molar-refractivity contribution in [3.8, 4) is 33.3 Å². The number of carbonyl (C=O) groups excluding carboxylic acids is 1. The number of imidazole rings is 1. The molecule has 5 aromatic rings. The molecule has 3 N–H and O–H groups in total. The molecule has 0 aliphatic rings. The van der Waals surface area contributed by atoms with Gasteiger partial charge in [-0.3, -0.25) is 4.79 Å². The van der Waals surface area contributed by atoms with Crippen molar-refractivity contribution in [1.82, 2.24) is 19.9 Å². The normalized spacial score (nSPS) is 11.2. The third-order valence-electron chi connectivity index (χ3n) is 4.58. The zero-order valence-electron chi connectivity index (χ0n) is 15.3. The molecule has 3 heterocycles. The molecule has 2 aromatic carbocycles. The Hall–Kier alpha value is -3.36. The lowest BCUT2D eigenvalue weighted by Crippen LogP contribution is -2.10. The number of carbonyl (C=O) groups is 1. The van der Waals surface area contributed by atoms with Gasteiger partial charge in [0.1, 0.15) is 16.5 Å². The number of nitrogens with zero attached hydrogens (tertiary/aromatic N) is 3. The van der Waals surface area contributed by atoms with E-state index >= 15 is 0 Å². The fraction of sp³-hybridized carbons (Fsp3) is 0.0476. The van der Waals surface area contributed by atoms with Gasteiger partial charge in [-0.1, -0.05) is 18.2 Å². The van der Waals surface area contributed by atoms with Crippen LogP contribution in [0.5, 0.6) is 0 Å². The summed E-state index contributed by atoms with van der Waals surface area (Å²) in [5.74, 6) is 0.261. The van der Waals surface area contributed by atoms with Gasteiger partial charge in [-0.25, -0.2) is 15.0 Å². The maximum Gasteiger partial charge on any atom is 0.248 e. The maximum atomic E-state index is 11.4. The average molecular weight is 418 g/mol. The molecule has 0 fully saturated rings. The molecule has 0 aliphatic heterocycles. The molecule has 0 spiro atoms. The van der Waals surface area contributed by atoms with Crippen LogP contribution in [0.25, 0.3) is 43.6 Å². The SMILES string of the molecule is Cc1csc(-c2[nH]c(-c3ccc(C(N)=O)cc3)nc2-c2ccc3ncsc3c2)n1. The van der Waals surface area contributed by atoms with E-state index in [4.69, 9.17) is 10.7 Å². The third kappa shape index (κ3) is 3.22. The van der Waals surface area contributed by atoms with Gasteiger partial charge in [-0.05, 0) is 31.2 Å². The van der Waals surface area contributed by atoms with Gasteiger partial charge in [-0.2, -0.15) is 0 Å². The van der Waals surface area contributed by atoms with Crippen LogP contribution < -0.4 is 5.73 Å². The Morgan fingerprint density at radius 3 is 2.55 bits per heavy atom. The monoisotopic (exact) mass is 417 g/mol. The van der Waals surface area contributed by atoms with Gasteiger partial charge in [0.2, 0.25) is 5.91 Å². The molecule has 0 radical (unpaired) electrons. The number of H-pyrrole nitrogens is 1. The second kappa shape index (κ2) is 6.91. The number of primary amides is 1. The van der Waals surface area contributed by atoms with E-state index < -0.39 is 5.91 Å². The summed E-state index contributed by atoms with van der Waals surface area (Å²) in [5.41, 5.74) is 13.2. The van der Waals surface area contributed by atoms with E-state index in [9.17, 15) is 4.79 Å². The molecule has 0 bridgehead atoms. The summed E-state index contributed by atoms with van der Waals surface area (Å²) in [4.78, 5) is 28.7. The molecule has 0 aliphatic carbocycles. The largest absolute Gasteiger partial charge is 0.366 e. The van der Waals surface area contributed by atoms with Crippen LogP contribution in [-0.2, 0) is 0 Å². The number of hydrogen-bond donors (Lipinski definition) is 2. The molecule has 0 atom stereocenters. The van der Waals surface area contributed by atoms with Gasteiger partial charge in [0.05, 0.1) is 21.4 Å². The highest BCUT2D eigenvalue weighted by atomic mass is 32.1. The summed E-state index contributed by atoms with van der Waals surface area (Å²) in [7, 11) is 0. The topological polar surface area (TPSA) is 97.6 Å². The highest BCUT2D eigenvalue weighted by Crippen LogP contribution is 2.36. The van der Waals surface area contributed by atoms with Gasteiger partial charge < -0.3 is 10.7 Å². The highest BCUT2D eigenvalue weighted by Gasteiger charge is 2.18. The molecule has 5 rings (SSSR count). The van der Waals surface area contributed by atoms with E-state index in [1.807, 2.05) is 42.1 Å². The average Bonchev–Trinajstić information content (AvgIpc) is 3.46. The zero-order chi connectivity index (χ0) is 20.0. The van der Waals surface area contributed by atoms with Crippen LogP contribution in [0, 0.1) is 6.92 Å². The summed E-state index contributed by atoms with van der Waals surface area (Å²) in [5, 5.41) is 2.91. The summed E-state index contributed by atoms with van der Waals surface area (Å²) in [6, 6.07) is 13.2. The molecule has 0 unspecified atom stereocenters. The van der Waals surface area contributed by atoms with E-state index in [1.54, 1.807) is 34.8 Å². The lowest BCUT2D eigenvalue weighted by atomic mass is 10.1. The maximum absolute atomic E-state index is 11.4. The Bertz CT molecular complexity index is 1350. The highest BCUT2D eigenvalue weighted by molar-refractivity contribution is 7.16. The number of fused-ring (bicyclic) bond motifs is 1. The molecular weight excluding hydrogens is 402 g/mol. The van der Waals surface area contributed by atoms with Crippen molar-refractivity contribution in [3.05, 3.63) is 64.6 Å². The lowest BCUT2D eigenvalue weighted by Gasteiger charge is -2.00. The van der Waals surface area contributed by atoms with Crippen molar-refractivity contribution in [2.45, 2.75) is 6.92 Å². The van der Waals surface area contributed by atoms with Crippen molar-refractivity contribution < 1.29 is 4.79 Å². The van der Waals surface area contributed by atoms with Crippen LogP contribution in [0.15, 0.2) is 53.4 Å². The van der Waals surface area contributed by atoms with Crippen LogP contribution in [-0.4, -0.2) is 25.8 Å². The number of amides is 1. The number of hydrogen-bond acceptors (Lipinski definition) is 6. The summed E-state index contributed by atoms with van der Waals surface area (Å²) < 4.78 is 1.11. The number of benzene rings is 2. The van der Waals surface area contributed by atoms with Crippen LogP contribution >= 0.6 is 22.7 Å². The molecular formula is C21H15N5OS2. The van der Waals surface area contributed by atoms with Gasteiger partial charge in [0, 0.05) is 27.8 Å². The first-order chi connectivity index (χ1) is 14.1. The second-order valence-corrected chi connectivity index (χ2v) is 8.32. The number of aromatic nitrogens is 4. The molecule has 8 heteroatoms. The van der Waals surface area contributed by atoms with Gasteiger partial charge in [0.25, 0.3) is 0 Å². The first-order valence-electron chi connectivity index (χ1n) is 8.85. The predicted molar refractivity (Wildman–Crippen MR) is 117 cm³/mol. The fourth-order valence-corrected chi connectivity index (χ4v) is 4.65. The van der Waals surface area contributed by atoms with E-state index in [2.05, 4.69) is 21.0 Å². The van der Waals surface area contributed by atoms with Crippen molar-refractivity contribution in [2.75, 3.05) is 0 Å². The van der Waals surface area contributed by atoms with E-state index in [-0.39, 0.29) is 0 Å². The van der Waals surface area contributed by atoms with E-state index in [0.29, 0.717) is 11.4 Å². The van der Waals surface area contributed by atoms with Crippen molar-refractivity contribution in [3.63, 3.8) is 0 Å². The smallest absolute Gasteiger partial charge is 0.248 e. The zero-order valence-corrected chi connectivity index (χ0v) is 17.0. The first kappa shape index (κ1) is 17.7. The van der Waals surface area contributed by atoms with Crippen molar-refractivity contribution in [1.29, 1.82) is 0 Å². The third-order valence-corrected chi connectivity index (χ3v) is 6.35. The van der Waals surface area contributed by atoms with Crippen molar-refractivity contribution in [2.24, 2.45) is 5.73 Å². The molecule has 142 valence electrons. The number of rotatable bonds is 4. The Balaban J connectivity index is 1.67. The minimum absolute atomic E-state index is 0.450. The van der Waals surface area contributed by atoms with Crippen LogP contribution in [0.3, 0.4) is 0 Å². The van der Waals surface area contributed by atoms with Crippen LogP contribution in [0.2, 0.25) is 0 Å². The Morgan fingerprint density at radius 1 is 1.03 bits per heavy atom. The van der Waals surface area contributed by atoms with E-state index in [1.165, 1.54) is 0 Å². The minimum atomic E-state index is -0.450. The Kier molecular flexibility index (Phi) is 4.22. The standard InChI is InChI=1S/C21H15N5OS2/c1-11-9-28-21(24-11)18-17(14-6-7-15-16(8-14)29-10-23-15)25-20(26-18)13-4-2-12(3-5-13)19(22)27/h2-10H,1H3,(H2,22,27)(H,25,26). The number of aryl methyl sites for hydroxylation is 1. The fourth-order valence-electron chi connectivity index (χ4n) is 3.14. The molecule has 1 amide bonds. The Morgan fingerprint density at radius 2 is 1.83 bits per heavy atom. The minimum Gasteiger partial charge on any atom is -0.366 e. The lowest BCUT2D eigenvalue weighted by molar-refractivity contribution is 0.100. The Labute approximate surface area is 174 Å². The summed E-state index contributed by atoms with van der Waals surface area (Å²) in [6.45, 7) is 1.98.